The molecule has 0 radical (unpaired) electrons. The lowest BCUT2D eigenvalue weighted by Gasteiger charge is -2.19. The number of fused-ring (bicyclic) bond motifs is 1. The second kappa shape index (κ2) is 5.42. The number of hydrogen-bond donors (Lipinski definition) is 3. The minimum atomic E-state index is -0.795. The van der Waals surface area contributed by atoms with Crippen LogP contribution in [0.4, 0.5) is 11.5 Å². The maximum Gasteiger partial charge on any atom is 0.126 e. The molecular weight excluding hydrogens is 276 g/mol. The maximum absolute atomic E-state index is 9.88. The number of nitrogens with two attached hydrogens (primary N) is 1. The zero-order valence-corrected chi connectivity index (χ0v) is 12.8. The number of pyridine rings is 1. The van der Waals surface area contributed by atoms with Crippen LogP contribution in [0.2, 0.25) is 0 Å². The molecule has 1 aliphatic rings. The number of rotatable bonds is 4. The molecule has 1 aliphatic heterocycles. The SMILES string of the molecule is CC(C)(O)CNc1cc(N)nc2cc(C3=CC=NC3)ccc12. The standard InChI is InChI=1S/C17H20N4O/c1-17(2,22)10-20-14-8-16(18)21-15-7-11(3-4-13(14)15)12-5-6-19-9-12/h3-8,22H,9-10H2,1-2H3,(H3,18,20,21). The van der Waals surface area contributed by atoms with E-state index in [2.05, 4.69) is 21.4 Å². The predicted molar refractivity (Wildman–Crippen MR) is 92.3 cm³/mol. The second-order valence-corrected chi connectivity index (χ2v) is 6.17. The van der Waals surface area contributed by atoms with Crippen LogP contribution in [0.1, 0.15) is 19.4 Å². The first-order valence-corrected chi connectivity index (χ1v) is 7.28. The van der Waals surface area contributed by atoms with Crippen molar-refractivity contribution in [3.8, 4) is 0 Å². The molecule has 114 valence electrons. The molecule has 0 saturated heterocycles. The number of hydrogen-bond acceptors (Lipinski definition) is 5. The molecule has 2 aromatic rings. The van der Waals surface area contributed by atoms with Crippen LogP contribution in [0.15, 0.2) is 35.3 Å². The van der Waals surface area contributed by atoms with E-state index in [9.17, 15) is 5.11 Å². The highest BCUT2D eigenvalue weighted by Crippen LogP contribution is 2.28. The van der Waals surface area contributed by atoms with Gasteiger partial charge in [0, 0.05) is 29.9 Å². The van der Waals surface area contributed by atoms with Gasteiger partial charge in [-0.2, -0.15) is 0 Å². The Morgan fingerprint density at radius 2 is 2.14 bits per heavy atom. The summed E-state index contributed by atoms with van der Waals surface area (Å²) in [5.74, 6) is 0.458. The van der Waals surface area contributed by atoms with Crippen LogP contribution in [0.3, 0.4) is 0 Å². The molecule has 1 aromatic carbocycles. The molecule has 0 bridgehead atoms. The molecule has 22 heavy (non-hydrogen) atoms. The average Bonchev–Trinajstić information content (AvgIpc) is 2.97. The maximum atomic E-state index is 9.88. The smallest absolute Gasteiger partial charge is 0.126 e. The summed E-state index contributed by atoms with van der Waals surface area (Å²) in [6.45, 7) is 4.67. The van der Waals surface area contributed by atoms with Crippen molar-refractivity contribution >= 4 is 34.2 Å². The van der Waals surface area contributed by atoms with E-state index in [1.807, 2.05) is 24.4 Å². The van der Waals surface area contributed by atoms with E-state index in [1.165, 1.54) is 5.57 Å². The largest absolute Gasteiger partial charge is 0.389 e. The van der Waals surface area contributed by atoms with Gasteiger partial charge < -0.3 is 16.2 Å². The lowest BCUT2D eigenvalue weighted by molar-refractivity contribution is 0.0945. The normalized spacial score (nSPS) is 14.4. The van der Waals surface area contributed by atoms with Crippen molar-refractivity contribution in [2.75, 3.05) is 24.1 Å². The third-order valence-corrected chi connectivity index (χ3v) is 3.55. The summed E-state index contributed by atoms with van der Waals surface area (Å²) in [4.78, 5) is 8.63. The molecule has 5 nitrogen and oxygen atoms in total. The summed E-state index contributed by atoms with van der Waals surface area (Å²) in [6.07, 6.45) is 3.84. The third-order valence-electron chi connectivity index (χ3n) is 3.55. The van der Waals surface area contributed by atoms with Gasteiger partial charge in [0.05, 0.1) is 17.7 Å². The van der Waals surface area contributed by atoms with E-state index in [0.29, 0.717) is 18.9 Å². The molecule has 5 heteroatoms. The fraction of sp³-hybridized carbons (Fsp3) is 0.294. The quantitative estimate of drug-likeness (QED) is 0.809. The minimum Gasteiger partial charge on any atom is -0.389 e. The molecule has 0 spiro atoms. The number of aliphatic imine (C=N–C) groups is 1. The van der Waals surface area contributed by atoms with E-state index < -0.39 is 5.60 Å². The van der Waals surface area contributed by atoms with Gasteiger partial charge in [0.15, 0.2) is 0 Å². The van der Waals surface area contributed by atoms with E-state index >= 15 is 0 Å². The predicted octanol–water partition coefficient (Wildman–Crippen LogP) is 2.47. The summed E-state index contributed by atoms with van der Waals surface area (Å²) >= 11 is 0. The van der Waals surface area contributed by atoms with Crippen molar-refractivity contribution in [3.63, 3.8) is 0 Å². The Hall–Kier alpha value is -2.40. The monoisotopic (exact) mass is 296 g/mol. The van der Waals surface area contributed by atoms with E-state index in [4.69, 9.17) is 5.73 Å². The Kier molecular flexibility index (Phi) is 3.58. The fourth-order valence-corrected chi connectivity index (χ4v) is 2.44. The van der Waals surface area contributed by atoms with E-state index in [-0.39, 0.29) is 0 Å². The topological polar surface area (TPSA) is 83.5 Å². The van der Waals surface area contributed by atoms with Crippen LogP contribution in [0.5, 0.6) is 0 Å². The molecule has 0 atom stereocenters. The van der Waals surface area contributed by atoms with Crippen molar-refractivity contribution < 1.29 is 5.11 Å². The highest BCUT2D eigenvalue weighted by Gasteiger charge is 2.14. The van der Waals surface area contributed by atoms with Gasteiger partial charge in [-0.1, -0.05) is 12.1 Å². The summed E-state index contributed by atoms with van der Waals surface area (Å²) in [5.41, 5.74) is 9.12. The van der Waals surface area contributed by atoms with Gasteiger partial charge in [0.1, 0.15) is 5.82 Å². The third kappa shape index (κ3) is 3.09. The minimum absolute atomic E-state index is 0.437. The Bertz CT molecular complexity index is 772. The van der Waals surface area contributed by atoms with Crippen LogP contribution in [-0.2, 0) is 0 Å². The Morgan fingerprint density at radius 1 is 1.32 bits per heavy atom. The molecule has 0 amide bonds. The van der Waals surface area contributed by atoms with E-state index in [1.54, 1.807) is 19.9 Å². The summed E-state index contributed by atoms with van der Waals surface area (Å²) in [6, 6.07) is 7.92. The molecule has 3 rings (SSSR count). The van der Waals surface area contributed by atoms with Gasteiger partial charge in [-0.15, -0.1) is 0 Å². The molecule has 0 saturated carbocycles. The first kappa shape index (κ1) is 14.5. The number of nitrogen functional groups attached to an aromatic ring is 1. The first-order valence-electron chi connectivity index (χ1n) is 7.28. The van der Waals surface area contributed by atoms with Crippen LogP contribution >= 0.6 is 0 Å². The first-order chi connectivity index (χ1) is 10.4. The highest BCUT2D eigenvalue weighted by molar-refractivity contribution is 5.97. The lowest BCUT2D eigenvalue weighted by atomic mass is 10.0. The molecule has 0 fully saturated rings. The molecule has 0 unspecified atom stereocenters. The average molecular weight is 296 g/mol. The zero-order chi connectivity index (χ0) is 15.7. The molecule has 1 aromatic heterocycles. The highest BCUT2D eigenvalue weighted by atomic mass is 16.3. The number of nitrogens with one attached hydrogen (secondary N) is 1. The lowest BCUT2D eigenvalue weighted by Crippen LogP contribution is -2.29. The van der Waals surface area contributed by atoms with Crippen LogP contribution < -0.4 is 11.1 Å². The van der Waals surface area contributed by atoms with Crippen molar-refractivity contribution in [3.05, 3.63) is 35.9 Å². The van der Waals surface area contributed by atoms with Gasteiger partial charge in [-0.05, 0) is 37.1 Å². The molecule has 2 heterocycles. The number of aromatic nitrogens is 1. The molecule has 4 N–H and O–H groups in total. The van der Waals surface area contributed by atoms with Gasteiger partial charge in [0.2, 0.25) is 0 Å². The van der Waals surface area contributed by atoms with Crippen LogP contribution in [0.25, 0.3) is 16.5 Å². The Morgan fingerprint density at radius 3 is 2.82 bits per heavy atom. The summed E-state index contributed by atoms with van der Waals surface area (Å²) in [7, 11) is 0. The van der Waals surface area contributed by atoms with Crippen molar-refractivity contribution in [2.45, 2.75) is 19.4 Å². The van der Waals surface area contributed by atoms with Crippen LogP contribution in [0, 0.1) is 0 Å². The fourth-order valence-electron chi connectivity index (χ4n) is 2.44. The van der Waals surface area contributed by atoms with Crippen molar-refractivity contribution in [2.24, 2.45) is 4.99 Å². The van der Waals surface area contributed by atoms with Gasteiger partial charge in [-0.3, -0.25) is 4.99 Å². The van der Waals surface area contributed by atoms with E-state index in [0.717, 1.165) is 22.2 Å². The number of benzene rings is 1. The van der Waals surface area contributed by atoms with Gasteiger partial charge in [-0.25, -0.2) is 4.98 Å². The number of nitrogens with zero attached hydrogens (tertiary/aromatic N) is 2. The number of allylic oxidation sites excluding steroid dienone is 1. The van der Waals surface area contributed by atoms with Crippen molar-refractivity contribution in [1.82, 2.24) is 4.98 Å². The zero-order valence-electron chi connectivity index (χ0n) is 12.8. The molecular formula is C17H20N4O. The second-order valence-electron chi connectivity index (χ2n) is 6.17. The van der Waals surface area contributed by atoms with Crippen LogP contribution in [-0.4, -0.2) is 35.0 Å². The Labute approximate surface area is 129 Å². The number of aliphatic hydroxyl groups is 1. The molecule has 0 aliphatic carbocycles. The summed E-state index contributed by atoms with van der Waals surface area (Å²) in [5, 5.41) is 14.1. The number of anilines is 2. The summed E-state index contributed by atoms with van der Waals surface area (Å²) < 4.78 is 0. The Balaban J connectivity index is 1.99. The van der Waals surface area contributed by atoms with Gasteiger partial charge in [0.25, 0.3) is 0 Å². The van der Waals surface area contributed by atoms with Gasteiger partial charge >= 0.3 is 0 Å². The van der Waals surface area contributed by atoms with Crippen molar-refractivity contribution in [1.29, 1.82) is 0 Å².